The number of rotatable bonds is 7. The summed E-state index contributed by atoms with van der Waals surface area (Å²) in [5.41, 5.74) is 5.54. The van der Waals surface area contributed by atoms with Crippen LogP contribution in [0.2, 0.25) is 0 Å². The molecule has 0 aromatic heterocycles. The lowest BCUT2D eigenvalue weighted by Crippen LogP contribution is -2.34. The summed E-state index contributed by atoms with van der Waals surface area (Å²) in [5, 5.41) is 25.4. The van der Waals surface area contributed by atoms with Crippen LogP contribution in [0.4, 0.5) is 0 Å². The van der Waals surface area contributed by atoms with Gasteiger partial charge in [0.15, 0.2) is 0 Å². The maximum absolute atomic E-state index is 12.1. The van der Waals surface area contributed by atoms with Gasteiger partial charge in [-0.25, -0.2) is 0 Å². The molecule has 0 aliphatic heterocycles. The van der Waals surface area contributed by atoms with E-state index >= 15 is 0 Å². The molecule has 0 unspecified atom stereocenters. The summed E-state index contributed by atoms with van der Waals surface area (Å²) in [7, 11) is 0. The molecule has 0 aliphatic carbocycles. The molecular formula is C35H55NO3. The Hall–Kier alpha value is -2.49. The quantitative estimate of drug-likeness (QED) is 0.332. The zero-order chi connectivity index (χ0) is 30.1. The third-order valence-electron chi connectivity index (χ3n) is 7.54. The Labute approximate surface area is 238 Å². The first-order chi connectivity index (χ1) is 17.5. The molecule has 2 rings (SSSR count). The predicted molar refractivity (Wildman–Crippen MR) is 165 cm³/mol. The van der Waals surface area contributed by atoms with E-state index in [4.69, 9.17) is 0 Å². The molecule has 0 saturated carbocycles. The lowest BCUT2D eigenvalue weighted by atomic mass is 9.77. The molecule has 0 saturated heterocycles. The number of hydrogen-bond donors (Lipinski definition) is 3. The standard InChI is InChI=1S/C35H55NO3/c1-22(37)36-25(16-14-23-18-26(32(2,3)4)30(38)27(19-23)33(5,6)7)17-15-24-20-28(34(8,9)10)31(39)29(21-24)35(11,12)13/h18-21,25,38-39H,14-17H2,1-13H3,(H,36,37). The molecule has 0 aliphatic rings. The van der Waals surface area contributed by atoms with E-state index in [-0.39, 0.29) is 33.6 Å². The van der Waals surface area contributed by atoms with Crippen LogP contribution in [-0.4, -0.2) is 22.2 Å². The van der Waals surface area contributed by atoms with Crippen LogP contribution in [0.15, 0.2) is 24.3 Å². The highest BCUT2D eigenvalue weighted by atomic mass is 16.3. The Bertz CT molecular complexity index is 1010. The third-order valence-corrected chi connectivity index (χ3v) is 7.54. The van der Waals surface area contributed by atoms with Gasteiger partial charge in [-0.3, -0.25) is 4.79 Å². The second-order valence-corrected chi connectivity index (χ2v) is 15.6. The van der Waals surface area contributed by atoms with Crippen LogP contribution in [0.5, 0.6) is 11.5 Å². The van der Waals surface area contributed by atoms with Crippen molar-refractivity contribution in [2.45, 2.75) is 143 Å². The fraction of sp³-hybridized carbons (Fsp3) is 0.629. The largest absolute Gasteiger partial charge is 0.507 e. The number of carbonyl (C=O) groups excluding carboxylic acids is 1. The second kappa shape index (κ2) is 11.6. The highest BCUT2D eigenvalue weighted by Gasteiger charge is 2.28. The lowest BCUT2D eigenvalue weighted by Gasteiger charge is -2.29. The van der Waals surface area contributed by atoms with Gasteiger partial charge < -0.3 is 15.5 Å². The minimum absolute atomic E-state index is 0.0204. The van der Waals surface area contributed by atoms with Crippen LogP contribution in [0.25, 0.3) is 0 Å². The van der Waals surface area contributed by atoms with Gasteiger partial charge in [-0.15, -0.1) is 0 Å². The molecule has 4 nitrogen and oxygen atoms in total. The van der Waals surface area contributed by atoms with Gasteiger partial charge in [0.25, 0.3) is 0 Å². The van der Waals surface area contributed by atoms with Crippen molar-refractivity contribution in [2.24, 2.45) is 0 Å². The van der Waals surface area contributed by atoms with Gasteiger partial charge in [0.2, 0.25) is 5.91 Å². The molecule has 0 radical (unpaired) electrons. The first-order valence-corrected chi connectivity index (χ1v) is 14.5. The second-order valence-electron chi connectivity index (χ2n) is 15.6. The van der Waals surface area contributed by atoms with Gasteiger partial charge in [0, 0.05) is 13.0 Å². The monoisotopic (exact) mass is 537 g/mol. The average molecular weight is 538 g/mol. The Morgan fingerprint density at radius 3 is 1.08 bits per heavy atom. The first-order valence-electron chi connectivity index (χ1n) is 14.5. The average Bonchev–Trinajstić information content (AvgIpc) is 2.73. The predicted octanol–water partition coefficient (Wildman–Crippen LogP) is 8.36. The van der Waals surface area contributed by atoms with Crippen LogP contribution in [0.1, 0.15) is 136 Å². The van der Waals surface area contributed by atoms with Gasteiger partial charge in [-0.1, -0.05) is 107 Å². The zero-order valence-electron chi connectivity index (χ0n) is 27.0. The first kappa shape index (κ1) is 32.7. The SMILES string of the molecule is CC(=O)NC(CCc1cc(C(C)(C)C)c(O)c(C(C)(C)C)c1)CCc1cc(C(C)(C)C)c(O)c(C(C)(C)C)c1. The maximum atomic E-state index is 12.1. The van der Waals surface area contributed by atoms with Crippen molar-refractivity contribution in [3.63, 3.8) is 0 Å². The van der Waals surface area contributed by atoms with E-state index in [0.717, 1.165) is 47.9 Å². The van der Waals surface area contributed by atoms with Crippen LogP contribution in [0.3, 0.4) is 0 Å². The van der Waals surface area contributed by atoms with E-state index in [1.165, 1.54) is 11.1 Å². The molecule has 39 heavy (non-hydrogen) atoms. The summed E-state index contributed by atoms with van der Waals surface area (Å²) < 4.78 is 0. The van der Waals surface area contributed by atoms with Gasteiger partial charge in [-0.05, 0) is 80.7 Å². The number of aromatic hydroxyl groups is 2. The van der Waals surface area contributed by atoms with Crippen molar-refractivity contribution >= 4 is 5.91 Å². The molecule has 3 N–H and O–H groups in total. The van der Waals surface area contributed by atoms with Crippen LogP contribution in [0, 0.1) is 0 Å². The van der Waals surface area contributed by atoms with Gasteiger partial charge in [0.1, 0.15) is 11.5 Å². The van der Waals surface area contributed by atoms with E-state index in [1.54, 1.807) is 6.92 Å². The van der Waals surface area contributed by atoms with E-state index in [0.29, 0.717) is 11.5 Å². The molecule has 1 amide bonds. The Kier molecular flexibility index (Phi) is 9.69. The van der Waals surface area contributed by atoms with Crippen molar-refractivity contribution in [1.82, 2.24) is 5.32 Å². The van der Waals surface area contributed by atoms with E-state index in [2.05, 4.69) is 113 Å². The number of aryl methyl sites for hydroxylation is 2. The molecule has 0 fully saturated rings. The molecule has 4 heteroatoms. The number of phenols is 2. The molecule has 0 atom stereocenters. The van der Waals surface area contributed by atoms with Gasteiger partial charge in [0.05, 0.1) is 0 Å². The van der Waals surface area contributed by atoms with Crippen LogP contribution < -0.4 is 5.32 Å². The highest BCUT2D eigenvalue weighted by Crippen LogP contribution is 2.41. The van der Waals surface area contributed by atoms with Crippen molar-refractivity contribution in [2.75, 3.05) is 0 Å². The Morgan fingerprint density at radius 2 is 0.872 bits per heavy atom. The van der Waals surface area contributed by atoms with Crippen molar-refractivity contribution in [1.29, 1.82) is 0 Å². The summed E-state index contributed by atoms with van der Waals surface area (Å²) in [6.45, 7) is 27.2. The molecule has 0 spiro atoms. The number of amides is 1. The normalized spacial score (nSPS) is 13.2. The van der Waals surface area contributed by atoms with Crippen LogP contribution >= 0.6 is 0 Å². The van der Waals surface area contributed by atoms with Crippen molar-refractivity contribution < 1.29 is 15.0 Å². The molecular weight excluding hydrogens is 482 g/mol. The number of carbonyl (C=O) groups is 1. The summed E-state index contributed by atoms with van der Waals surface area (Å²) in [5.74, 6) is 0.774. The number of nitrogens with one attached hydrogen (secondary N) is 1. The summed E-state index contributed by atoms with van der Waals surface area (Å²) >= 11 is 0. The third kappa shape index (κ3) is 8.75. The molecule has 0 bridgehead atoms. The molecule has 218 valence electrons. The van der Waals surface area contributed by atoms with Crippen molar-refractivity contribution in [3.05, 3.63) is 57.6 Å². The zero-order valence-corrected chi connectivity index (χ0v) is 27.0. The summed E-state index contributed by atoms with van der Waals surface area (Å²) in [4.78, 5) is 12.1. The minimum atomic E-state index is -0.175. The Morgan fingerprint density at radius 1 is 0.615 bits per heavy atom. The Balaban J connectivity index is 2.37. The van der Waals surface area contributed by atoms with E-state index < -0.39 is 0 Å². The fourth-order valence-corrected chi connectivity index (χ4v) is 5.22. The number of hydrogen-bond acceptors (Lipinski definition) is 3. The van der Waals surface area contributed by atoms with Crippen molar-refractivity contribution in [3.8, 4) is 11.5 Å². The topological polar surface area (TPSA) is 69.6 Å². The lowest BCUT2D eigenvalue weighted by molar-refractivity contribution is -0.119. The fourth-order valence-electron chi connectivity index (χ4n) is 5.22. The van der Waals surface area contributed by atoms with Gasteiger partial charge in [-0.2, -0.15) is 0 Å². The van der Waals surface area contributed by atoms with E-state index in [1.807, 2.05) is 0 Å². The smallest absolute Gasteiger partial charge is 0.217 e. The molecule has 2 aromatic rings. The molecule has 0 heterocycles. The summed E-state index contributed by atoms with van der Waals surface area (Å²) in [6, 6.07) is 8.58. The van der Waals surface area contributed by atoms with Gasteiger partial charge >= 0.3 is 0 Å². The number of benzene rings is 2. The van der Waals surface area contributed by atoms with Crippen LogP contribution in [-0.2, 0) is 39.3 Å². The highest BCUT2D eigenvalue weighted by molar-refractivity contribution is 5.73. The minimum Gasteiger partial charge on any atom is -0.507 e. The maximum Gasteiger partial charge on any atom is 0.217 e. The van der Waals surface area contributed by atoms with E-state index in [9.17, 15) is 15.0 Å². The number of phenolic OH excluding ortho intramolecular Hbond substituents is 2. The molecule has 2 aromatic carbocycles. The summed E-state index contributed by atoms with van der Waals surface area (Å²) in [6.07, 6.45) is 3.25.